The minimum absolute atomic E-state index is 0.0369. The van der Waals surface area contributed by atoms with Crippen LogP contribution in [0.1, 0.15) is 68.1 Å². The lowest BCUT2D eigenvalue weighted by molar-refractivity contribution is -0.258. The van der Waals surface area contributed by atoms with Crippen LogP contribution in [0.15, 0.2) is 30.6 Å². The van der Waals surface area contributed by atoms with E-state index in [1.54, 1.807) is 26.0 Å². The summed E-state index contributed by atoms with van der Waals surface area (Å²) in [7, 11) is 0. The molecule has 11 heteroatoms. The van der Waals surface area contributed by atoms with Crippen LogP contribution in [0.4, 0.5) is 24.8 Å². The third-order valence-electron chi connectivity index (χ3n) is 6.82. The highest BCUT2D eigenvalue weighted by Crippen LogP contribution is 2.43. The maximum absolute atomic E-state index is 13.7. The maximum Gasteiger partial charge on any atom is 0.421 e. The van der Waals surface area contributed by atoms with Crippen LogP contribution in [0.2, 0.25) is 0 Å². The van der Waals surface area contributed by atoms with Crippen molar-refractivity contribution in [2.24, 2.45) is 0 Å². The lowest BCUT2D eigenvalue weighted by Crippen LogP contribution is -2.39. The summed E-state index contributed by atoms with van der Waals surface area (Å²) in [6.45, 7) is 6.19. The number of halogens is 3. The highest BCUT2D eigenvalue weighted by atomic mass is 19.4. The van der Waals surface area contributed by atoms with Gasteiger partial charge in [0, 0.05) is 29.3 Å². The lowest BCUT2D eigenvalue weighted by Gasteiger charge is -2.36. The molecule has 2 atom stereocenters. The maximum atomic E-state index is 13.7. The molecule has 3 aromatic heterocycles. The number of anilines is 2. The second-order valence-corrected chi connectivity index (χ2v) is 9.95. The Hall–Kier alpha value is -3.47. The number of carbonyl (C=O) groups excluding carboxylic acids is 1. The number of hydrogen-bond donors (Lipinski definition) is 2. The zero-order chi connectivity index (χ0) is 26.0. The number of aliphatic hydroxyl groups is 1. The van der Waals surface area contributed by atoms with Crippen molar-refractivity contribution in [2.45, 2.75) is 69.9 Å². The summed E-state index contributed by atoms with van der Waals surface area (Å²) in [5, 5.41) is 13.8. The van der Waals surface area contributed by atoms with Crippen molar-refractivity contribution in [3.8, 4) is 5.88 Å². The van der Waals surface area contributed by atoms with Crippen molar-refractivity contribution in [1.29, 1.82) is 0 Å². The molecule has 1 fully saturated rings. The van der Waals surface area contributed by atoms with E-state index in [0.717, 1.165) is 19.0 Å². The highest BCUT2D eigenvalue weighted by molar-refractivity contribution is 5.93. The molecule has 0 spiro atoms. The highest BCUT2D eigenvalue weighted by Gasteiger charge is 2.52. The molecule has 0 aromatic carbocycles. The van der Waals surface area contributed by atoms with E-state index in [2.05, 4.69) is 20.3 Å². The number of hydrogen-bond acceptors (Lipinski definition) is 8. The van der Waals surface area contributed by atoms with Crippen LogP contribution >= 0.6 is 0 Å². The van der Waals surface area contributed by atoms with Gasteiger partial charge in [0.25, 0.3) is 0 Å². The molecule has 4 heterocycles. The summed E-state index contributed by atoms with van der Waals surface area (Å²) in [5.41, 5.74) is -3.42. The number of alkyl halides is 3. The zero-order valence-corrected chi connectivity index (χ0v) is 20.1. The average molecular weight is 502 g/mol. The predicted octanol–water partition coefficient (Wildman–Crippen LogP) is 5.13. The summed E-state index contributed by atoms with van der Waals surface area (Å²) < 4.78 is 52.4. The first-order chi connectivity index (χ1) is 16.8. The first-order valence-electron chi connectivity index (χ1n) is 11.5. The van der Waals surface area contributed by atoms with E-state index >= 15 is 0 Å². The molecule has 1 saturated carbocycles. The number of rotatable bonds is 5. The standard InChI is InChI=1S/C25H25F3N4O4/c1-12-20-14(22(33)36-23(12,2)3)7-8-18(32-20)31-19-9-15-16(10-29-19)21(35-13-5-6-13)30-11-17(15)24(4,34)25(26,27)28/h7-13,34H,5-6H2,1-4H3,(H,29,31,32)/t12-,24?/m1/s1. The molecule has 0 radical (unpaired) electrons. The van der Waals surface area contributed by atoms with Gasteiger partial charge in [-0.25, -0.2) is 19.7 Å². The molecule has 190 valence electrons. The van der Waals surface area contributed by atoms with Gasteiger partial charge >= 0.3 is 12.1 Å². The normalized spacial score (nSPS) is 20.9. The Bertz CT molecular complexity index is 1370. The first kappa shape index (κ1) is 24.2. The number of carbonyl (C=O) groups is 1. The van der Waals surface area contributed by atoms with Crippen molar-refractivity contribution in [2.75, 3.05) is 5.32 Å². The van der Waals surface area contributed by atoms with Crippen LogP contribution < -0.4 is 10.1 Å². The number of nitrogens with zero attached hydrogens (tertiary/aromatic N) is 3. The number of pyridine rings is 3. The Labute approximate surface area is 204 Å². The molecule has 2 N–H and O–H groups in total. The van der Waals surface area contributed by atoms with Crippen molar-refractivity contribution < 1.29 is 32.5 Å². The Balaban J connectivity index is 1.57. The van der Waals surface area contributed by atoms with Gasteiger partial charge in [-0.05, 0) is 51.8 Å². The molecule has 1 aliphatic heterocycles. The summed E-state index contributed by atoms with van der Waals surface area (Å²) >= 11 is 0. The Kier molecular flexibility index (Phi) is 5.40. The van der Waals surface area contributed by atoms with Gasteiger partial charge < -0.3 is 19.9 Å². The number of esters is 1. The third-order valence-corrected chi connectivity index (χ3v) is 6.82. The third kappa shape index (κ3) is 4.11. The molecule has 3 aromatic rings. The lowest BCUT2D eigenvalue weighted by atomic mass is 9.84. The molecule has 2 aliphatic rings. The number of aromatic nitrogens is 3. The molecule has 0 amide bonds. The van der Waals surface area contributed by atoms with Crippen molar-refractivity contribution >= 4 is 28.4 Å². The Morgan fingerprint density at radius 2 is 1.86 bits per heavy atom. The van der Waals surface area contributed by atoms with Crippen LogP contribution in [0.25, 0.3) is 10.8 Å². The zero-order valence-electron chi connectivity index (χ0n) is 20.1. The topological polar surface area (TPSA) is 106 Å². The fourth-order valence-corrected chi connectivity index (χ4v) is 4.05. The first-order valence-corrected chi connectivity index (χ1v) is 11.5. The van der Waals surface area contributed by atoms with Gasteiger partial charge in [-0.15, -0.1) is 0 Å². The van der Waals surface area contributed by atoms with Crippen LogP contribution in [0.3, 0.4) is 0 Å². The summed E-state index contributed by atoms with van der Waals surface area (Å²) in [4.78, 5) is 25.3. The minimum atomic E-state index is -4.94. The molecule has 0 bridgehead atoms. The van der Waals surface area contributed by atoms with Crippen LogP contribution in [-0.2, 0) is 10.3 Å². The minimum Gasteiger partial charge on any atom is -0.474 e. The summed E-state index contributed by atoms with van der Waals surface area (Å²) in [6, 6.07) is 4.55. The number of fused-ring (bicyclic) bond motifs is 2. The largest absolute Gasteiger partial charge is 0.474 e. The monoisotopic (exact) mass is 502 g/mol. The molecular weight excluding hydrogens is 477 g/mol. The van der Waals surface area contributed by atoms with Crippen LogP contribution in [0, 0.1) is 0 Å². The van der Waals surface area contributed by atoms with Crippen LogP contribution in [-0.4, -0.2) is 43.9 Å². The van der Waals surface area contributed by atoms with E-state index in [1.807, 2.05) is 6.92 Å². The summed E-state index contributed by atoms with van der Waals surface area (Å²) in [6.07, 6.45) is -0.945. The molecule has 0 saturated heterocycles. The van der Waals surface area contributed by atoms with Crippen molar-refractivity contribution in [3.05, 3.63) is 47.4 Å². The molecule has 36 heavy (non-hydrogen) atoms. The van der Waals surface area contributed by atoms with E-state index in [-0.39, 0.29) is 34.5 Å². The van der Waals surface area contributed by atoms with Gasteiger partial charge in [0.15, 0.2) is 5.60 Å². The fourth-order valence-electron chi connectivity index (χ4n) is 4.05. The fraction of sp³-hybridized carbons (Fsp3) is 0.440. The van der Waals surface area contributed by atoms with Crippen molar-refractivity contribution in [1.82, 2.24) is 15.0 Å². The predicted molar refractivity (Wildman–Crippen MR) is 124 cm³/mol. The number of cyclic esters (lactones) is 1. The smallest absolute Gasteiger partial charge is 0.421 e. The Morgan fingerprint density at radius 3 is 2.53 bits per heavy atom. The summed E-state index contributed by atoms with van der Waals surface area (Å²) in [5.74, 6) is 0.0484. The van der Waals surface area contributed by atoms with E-state index in [9.17, 15) is 23.1 Å². The second-order valence-electron chi connectivity index (χ2n) is 9.95. The van der Waals surface area contributed by atoms with Gasteiger partial charge in [-0.3, -0.25) is 0 Å². The van der Waals surface area contributed by atoms with Gasteiger partial charge in [0.1, 0.15) is 23.3 Å². The van der Waals surface area contributed by atoms with Crippen LogP contribution in [0.5, 0.6) is 5.88 Å². The molecule has 8 nitrogen and oxygen atoms in total. The van der Waals surface area contributed by atoms with Gasteiger partial charge in [0.2, 0.25) is 5.88 Å². The number of nitrogens with one attached hydrogen (secondary N) is 1. The molecule has 1 unspecified atom stereocenters. The van der Waals surface area contributed by atoms with Gasteiger partial charge in [-0.2, -0.15) is 13.2 Å². The van der Waals surface area contributed by atoms with E-state index in [4.69, 9.17) is 9.47 Å². The van der Waals surface area contributed by atoms with Crippen molar-refractivity contribution in [3.63, 3.8) is 0 Å². The van der Waals surface area contributed by atoms with E-state index < -0.39 is 28.9 Å². The quantitative estimate of drug-likeness (QED) is 0.463. The molecular formula is C25H25F3N4O4. The molecule has 1 aliphatic carbocycles. The average Bonchev–Trinajstić information content (AvgIpc) is 3.60. The Morgan fingerprint density at radius 1 is 1.14 bits per heavy atom. The number of ether oxygens (including phenoxy) is 2. The van der Waals surface area contributed by atoms with Gasteiger partial charge in [0.05, 0.1) is 16.6 Å². The SMILES string of the molecule is C[C@@H]1c2nc(Nc3cc4c(C(C)(O)C(F)(F)F)cnc(OC5CC5)c4cn3)ccc2C(=O)OC1(C)C. The van der Waals surface area contributed by atoms with E-state index in [1.165, 1.54) is 12.3 Å². The van der Waals surface area contributed by atoms with Gasteiger partial charge in [-0.1, -0.05) is 6.92 Å². The second kappa shape index (κ2) is 8.02. The molecule has 5 rings (SSSR count). The van der Waals surface area contributed by atoms with E-state index in [0.29, 0.717) is 24.0 Å².